The molecule has 0 amide bonds. The first-order valence-corrected chi connectivity index (χ1v) is 10.7. The first-order chi connectivity index (χ1) is 15.5. The van der Waals surface area contributed by atoms with Gasteiger partial charge in [-0.2, -0.15) is 5.10 Å². The minimum absolute atomic E-state index is 0.00280. The number of nitrogens with zero attached hydrogens (tertiary/aromatic N) is 6. The van der Waals surface area contributed by atoms with Crippen LogP contribution in [0, 0.1) is 0 Å². The summed E-state index contributed by atoms with van der Waals surface area (Å²) >= 11 is 0. The number of aromatic nitrogens is 4. The molecule has 0 saturated carbocycles. The van der Waals surface area contributed by atoms with Crippen molar-refractivity contribution >= 4 is 11.8 Å². The van der Waals surface area contributed by atoms with Crippen molar-refractivity contribution in [2.24, 2.45) is 0 Å². The molecule has 1 fully saturated rings. The quantitative estimate of drug-likeness (QED) is 0.547. The maximum atomic E-state index is 12.5. The van der Waals surface area contributed by atoms with Gasteiger partial charge in [0.15, 0.2) is 0 Å². The summed E-state index contributed by atoms with van der Waals surface area (Å²) in [7, 11) is 1.43. The number of carbonyl (C=O) groups is 1. The maximum absolute atomic E-state index is 12.5. The number of carbonyl (C=O) groups excluding carboxylic acids is 1. The van der Waals surface area contributed by atoms with Crippen molar-refractivity contribution in [2.45, 2.75) is 25.9 Å². The second-order valence-corrected chi connectivity index (χ2v) is 8.06. The Kier molecular flexibility index (Phi) is 6.36. The van der Waals surface area contributed by atoms with Gasteiger partial charge in [-0.05, 0) is 31.5 Å². The zero-order valence-electron chi connectivity index (χ0n) is 18.6. The van der Waals surface area contributed by atoms with Crippen molar-refractivity contribution < 1.29 is 9.53 Å². The van der Waals surface area contributed by atoms with E-state index >= 15 is 0 Å². The van der Waals surface area contributed by atoms with Gasteiger partial charge in [-0.25, -0.2) is 23.8 Å². The van der Waals surface area contributed by atoms with E-state index in [0.29, 0.717) is 18.8 Å². The summed E-state index contributed by atoms with van der Waals surface area (Å²) in [6.45, 7) is 6.72. The van der Waals surface area contributed by atoms with Crippen molar-refractivity contribution in [3.05, 3.63) is 71.0 Å². The first kappa shape index (κ1) is 21.8. The highest BCUT2D eigenvalue weighted by Crippen LogP contribution is 2.25. The Labute approximate surface area is 186 Å². The number of esters is 1. The van der Waals surface area contributed by atoms with Gasteiger partial charge in [0.2, 0.25) is 0 Å². The van der Waals surface area contributed by atoms with Crippen molar-refractivity contribution in [3.63, 3.8) is 0 Å². The molecule has 9 heteroatoms. The molecule has 9 nitrogen and oxygen atoms in total. The van der Waals surface area contributed by atoms with Crippen LogP contribution in [0.5, 0.6) is 0 Å². The Morgan fingerprint density at radius 2 is 1.75 bits per heavy atom. The molecule has 2 aromatic heterocycles. The fraction of sp³-hybridized carbons (Fsp3) is 0.391. The van der Waals surface area contributed by atoms with E-state index in [1.54, 1.807) is 6.20 Å². The lowest BCUT2D eigenvalue weighted by Crippen LogP contribution is -2.49. The molecule has 0 radical (unpaired) electrons. The van der Waals surface area contributed by atoms with E-state index in [0.717, 1.165) is 24.5 Å². The minimum atomic E-state index is -0.414. The number of pyridine rings is 1. The first-order valence-electron chi connectivity index (χ1n) is 10.7. The molecule has 1 atom stereocenters. The highest BCUT2D eigenvalue weighted by Gasteiger charge is 2.31. The van der Waals surface area contributed by atoms with Crippen LogP contribution in [0.15, 0.2) is 59.8 Å². The summed E-state index contributed by atoms with van der Waals surface area (Å²) in [5.74, 6) is 0.589. The zero-order valence-corrected chi connectivity index (χ0v) is 18.6. The van der Waals surface area contributed by atoms with Crippen LogP contribution in [0.25, 0.3) is 5.69 Å². The SMILES string of the molecule is COC(=O)C(c1ccccc1)N1CCN(c2ccc(-n3cnn(C(C)C)c3=O)cn2)CC1. The summed E-state index contributed by atoms with van der Waals surface area (Å²) in [4.78, 5) is 33.9. The van der Waals surface area contributed by atoms with Crippen LogP contribution in [-0.4, -0.2) is 63.5 Å². The van der Waals surface area contributed by atoms with Crippen molar-refractivity contribution in [3.8, 4) is 5.69 Å². The molecule has 0 bridgehead atoms. The molecule has 1 unspecified atom stereocenters. The number of rotatable bonds is 6. The molecule has 32 heavy (non-hydrogen) atoms. The molecule has 0 N–H and O–H groups in total. The molecular weight excluding hydrogens is 408 g/mol. The predicted molar refractivity (Wildman–Crippen MR) is 121 cm³/mol. The van der Waals surface area contributed by atoms with Gasteiger partial charge in [0.1, 0.15) is 18.2 Å². The lowest BCUT2D eigenvalue weighted by atomic mass is 10.0. The summed E-state index contributed by atoms with van der Waals surface area (Å²) in [5, 5.41) is 4.16. The predicted octanol–water partition coefficient (Wildman–Crippen LogP) is 2.05. The molecule has 1 aliphatic heterocycles. The smallest absolute Gasteiger partial charge is 0.350 e. The lowest BCUT2D eigenvalue weighted by molar-refractivity contribution is -0.147. The third-order valence-electron chi connectivity index (χ3n) is 5.74. The van der Waals surface area contributed by atoms with E-state index in [2.05, 4.69) is 19.9 Å². The Bertz CT molecular complexity index is 1100. The molecule has 0 spiro atoms. The number of methoxy groups -OCH3 is 1. The minimum Gasteiger partial charge on any atom is -0.468 e. The fourth-order valence-electron chi connectivity index (χ4n) is 4.01. The summed E-state index contributed by atoms with van der Waals surface area (Å²) in [6.07, 6.45) is 3.21. The fourth-order valence-corrected chi connectivity index (χ4v) is 4.01. The number of benzene rings is 1. The molecule has 1 aromatic carbocycles. The van der Waals surface area contributed by atoms with E-state index in [1.807, 2.05) is 56.3 Å². The van der Waals surface area contributed by atoms with Crippen molar-refractivity contribution in [1.29, 1.82) is 0 Å². The van der Waals surface area contributed by atoms with E-state index in [9.17, 15) is 9.59 Å². The molecule has 168 valence electrons. The van der Waals surface area contributed by atoms with E-state index in [4.69, 9.17) is 4.74 Å². The van der Waals surface area contributed by atoms with E-state index in [-0.39, 0.29) is 17.7 Å². The van der Waals surface area contributed by atoms with Gasteiger partial charge in [-0.3, -0.25) is 4.90 Å². The van der Waals surface area contributed by atoms with Gasteiger partial charge >= 0.3 is 11.7 Å². The highest BCUT2D eigenvalue weighted by atomic mass is 16.5. The average Bonchev–Trinajstić information content (AvgIpc) is 3.22. The van der Waals surface area contributed by atoms with Crippen molar-refractivity contribution in [2.75, 3.05) is 38.2 Å². The van der Waals surface area contributed by atoms with E-state index in [1.165, 1.54) is 22.7 Å². The van der Waals surface area contributed by atoms with Gasteiger partial charge in [-0.15, -0.1) is 0 Å². The van der Waals surface area contributed by atoms with Crippen LogP contribution < -0.4 is 10.6 Å². The lowest BCUT2D eigenvalue weighted by Gasteiger charge is -2.38. The number of piperazine rings is 1. The van der Waals surface area contributed by atoms with E-state index < -0.39 is 6.04 Å². The van der Waals surface area contributed by atoms with Gasteiger partial charge in [0.25, 0.3) is 0 Å². The Balaban J connectivity index is 1.45. The van der Waals surface area contributed by atoms with Gasteiger partial charge in [-0.1, -0.05) is 30.3 Å². The summed E-state index contributed by atoms with van der Waals surface area (Å²) < 4.78 is 8.01. The Morgan fingerprint density at radius 3 is 2.31 bits per heavy atom. The topological polar surface area (TPSA) is 85.5 Å². The highest BCUT2D eigenvalue weighted by molar-refractivity contribution is 5.77. The third kappa shape index (κ3) is 4.29. The number of ether oxygens (including phenoxy) is 1. The summed E-state index contributed by atoms with van der Waals surface area (Å²) in [5.41, 5.74) is 1.43. The standard InChI is InChI=1S/C23H28N6O3/c1-17(2)29-23(31)28(16-25-29)19-9-10-20(24-15-19)26-11-13-27(14-12-26)21(22(30)32-3)18-7-5-4-6-8-18/h4-10,15-17,21H,11-14H2,1-3H3. The molecule has 3 aromatic rings. The van der Waals surface area contributed by atoms with Crippen LogP contribution in [0.2, 0.25) is 0 Å². The van der Waals surface area contributed by atoms with Crippen LogP contribution in [0.1, 0.15) is 31.5 Å². The van der Waals surface area contributed by atoms with Gasteiger partial charge < -0.3 is 9.64 Å². The molecule has 1 saturated heterocycles. The molecule has 4 rings (SSSR count). The van der Waals surface area contributed by atoms with Crippen molar-refractivity contribution in [1.82, 2.24) is 24.2 Å². The maximum Gasteiger partial charge on any atom is 0.350 e. The van der Waals surface area contributed by atoms with Crippen LogP contribution in [0.3, 0.4) is 0 Å². The average molecular weight is 437 g/mol. The third-order valence-corrected chi connectivity index (χ3v) is 5.74. The Morgan fingerprint density at radius 1 is 1.03 bits per heavy atom. The molecule has 0 aliphatic carbocycles. The second-order valence-electron chi connectivity index (χ2n) is 8.06. The number of hydrogen-bond acceptors (Lipinski definition) is 7. The number of hydrogen-bond donors (Lipinski definition) is 0. The van der Waals surface area contributed by atoms with Gasteiger partial charge in [0, 0.05) is 26.2 Å². The monoisotopic (exact) mass is 436 g/mol. The summed E-state index contributed by atoms with van der Waals surface area (Å²) in [6, 6.07) is 13.1. The molecule has 3 heterocycles. The largest absolute Gasteiger partial charge is 0.468 e. The Hall–Kier alpha value is -3.46. The molecular formula is C23H28N6O3. The van der Waals surface area contributed by atoms with Crippen LogP contribution >= 0.6 is 0 Å². The van der Waals surface area contributed by atoms with Crippen LogP contribution in [-0.2, 0) is 9.53 Å². The normalized spacial score (nSPS) is 15.7. The molecule has 1 aliphatic rings. The zero-order chi connectivity index (χ0) is 22.7. The number of anilines is 1. The second kappa shape index (κ2) is 9.35. The van der Waals surface area contributed by atoms with Crippen LogP contribution in [0.4, 0.5) is 5.82 Å². The van der Waals surface area contributed by atoms with Gasteiger partial charge in [0.05, 0.1) is 25.0 Å².